The molecule has 3 aromatic rings. The van der Waals surface area contributed by atoms with Crippen LogP contribution in [0.3, 0.4) is 0 Å². The Morgan fingerprint density at radius 2 is 2.07 bits per heavy atom. The van der Waals surface area contributed by atoms with E-state index in [2.05, 4.69) is 33.9 Å². The summed E-state index contributed by atoms with van der Waals surface area (Å²) < 4.78 is 51.4. The van der Waals surface area contributed by atoms with Crippen molar-refractivity contribution in [1.29, 1.82) is 0 Å². The van der Waals surface area contributed by atoms with Crippen molar-refractivity contribution in [3.05, 3.63) is 53.3 Å². The molecule has 3 saturated heterocycles. The third kappa shape index (κ3) is 5.75. The molecular weight excluding hydrogens is 608 g/mol. The van der Waals surface area contributed by atoms with Crippen molar-refractivity contribution in [2.75, 3.05) is 55.9 Å². The molecule has 3 aromatic heterocycles. The van der Waals surface area contributed by atoms with Gasteiger partial charge in [-0.1, -0.05) is 12.1 Å². The number of pyridine rings is 1. The van der Waals surface area contributed by atoms with Gasteiger partial charge in [-0.15, -0.1) is 11.3 Å². The molecular formula is C31H33F2N5O6S. The Kier molecular flexibility index (Phi) is 8.14. The van der Waals surface area contributed by atoms with Crippen LogP contribution in [0, 0.1) is 0 Å². The average Bonchev–Trinajstić information content (AvgIpc) is 3.72. The minimum Gasteiger partial charge on any atom is -0.480 e. The highest BCUT2D eigenvalue weighted by molar-refractivity contribution is 7.13. The molecule has 7 rings (SSSR count). The first kappa shape index (κ1) is 30.0. The van der Waals surface area contributed by atoms with Crippen LogP contribution in [0.25, 0.3) is 16.1 Å². The van der Waals surface area contributed by atoms with Gasteiger partial charge < -0.3 is 33.9 Å². The fourth-order valence-corrected chi connectivity index (χ4v) is 7.07. The van der Waals surface area contributed by atoms with Gasteiger partial charge in [0, 0.05) is 25.2 Å². The van der Waals surface area contributed by atoms with E-state index in [-0.39, 0.29) is 24.8 Å². The van der Waals surface area contributed by atoms with Gasteiger partial charge in [0.1, 0.15) is 29.3 Å². The fraction of sp³-hybridized carbons (Fsp3) is 0.484. The van der Waals surface area contributed by atoms with E-state index in [1.54, 1.807) is 24.4 Å². The lowest BCUT2D eigenvalue weighted by atomic mass is 9.89. The lowest BCUT2D eigenvalue weighted by Crippen LogP contribution is -2.68. The second kappa shape index (κ2) is 12.2. The molecule has 45 heavy (non-hydrogen) atoms. The lowest BCUT2D eigenvalue weighted by Gasteiger charge is -2.53. The number of ether oxygens (including phenoxy) is 4. The van der Waals surface area contributed by atoms with Crippen LogP contribution in [0.15, 0.2) is 41.9 Å². The van der Waals surface area contributed by atoms with Crippen LogP contribution in [0.5, 0.6) is 5.88 Å². The number of aliphatic carboxylic acids is 1. The maximum atomic E-state index is 13.9. The molecule has 1 N–H and O–H groups in total. The molecule has 0 unspecified atom stereocenters. The zero-order valence-electron chi connectivity index (χ0n) is 24.6. The molecule has 4 aliphatic heterocycles. The SMILES string of the molecule is C[C@@H]1N(c2cc(C3=CCOCC3)cnc2O[C@H]2C[C@@H](C(=O)O)N(c3cc(-c4cccs4)nc(C(F)F)n3)C2)CCOC12COC2. The maximum Gasteiger partial charge on any atom is 0.326 e. The minimum atomic E-state index is -2.92. The van der Waals surface area contributed by atoms with E-state index in [0.717, 1.165) is 23.2 Å². The molecule has 0 bridgehead atoms. The molecule has 0 saturated carbocycles. The number of aromatic nitrogens is 3. The largest absolute Gasteiger partial charge is 0.480 e. The summed E-state index contributed by atoms with van der Waals surface area (Å²) in [5, 5.41) is 12.0. The molecule has 3 atom stereocenters. The summed E-state index contributed by atoms with van der Waals surface area (Å²) in [7, 11) is 0. The molecule has 11 nitrogen and oxygen atoms in total. The smallest absolute Gasteiger partial charge is 0.326 e. The number of carboxylic acid groups (broad SMARTS) is 1. The number of hydrogen-bond acceptors (Lipinski definition) is 11. The van der Waals surface area contributed by atoms with Crippen molar-refractivity contribution in [3.8, 4) is 16.5 Å². The molecule has 4 aliphatic rings. The number of morpholine rings is 1. The molecule has 14 heteroatoms. The molecule has 0 radical (unpaired) electrons. The summed E-state index contributed by atoms with van der Waals surface area (Å²) in [6, 6.07) is 6.14. The Hall–Kier alpha value is -3.72. The fourth-order valence-electron chi connectivity index (χ4n) is 6.38. The van der Waals surface area contributed by atoms with Gasteiger partial charge >= 0.3 is 5.97 Å². The van der Waals surface area contributed by atoms with Crippen molar-refractivity contribution >= 4 is 34.4 Å². The number of anilines is 2. The molecule has 0 amide bonds. The van der Waals surface area contributed by atoms with Crippen LogP contribution in [0.1, 0.15) is 37.6 Å². The maximum absolute atomic E-state index is 13.9. The average molecular weight is 642 g/mol. The molecule has 1 spiro atoms. The first-order valence-electron chi connectivity index (χ1n) is 14.9. The number of carboxylic acids is 1. The Morgan fingerprint density at radius 1 is 1.20 bits per heavy atom. The van der Waals surface area contributed by atoms with Gasteiger partial charge in [-0.2, -0.15) is 0 Å². The van der Waals surface area contributed by atoms with Gasteiger partial charge in [0.05, 0.1) is 56.2 Å². The van der Waals surface area contributed by atoms with E-state index in [9.17, 15) is 18.7 Å². The highest BCUT2D eigenvalue weighted by atomic mass is 32.1. The molecule has 3 fully saturated rings. The zero-order chi connectivity index (χ0) is 31.1. The van der Waals surface area contributed by atoms with Gasteiger partial charge in [-0.3, -0.25) is 0 Å². The third-order valence-corrected chi connectivity index (χ3v) is 9.83. The molecule has 7 heterocycles. The van der Waals surface area contributed by atoms with Crippen molar-refractivity contribution in [3.63, 3.8) is 0 Å². The first-order valence-corrected chi connectivity index (χ1v) is 15.8. The van der Waals surface area contributed by atoms with Crippen LogP contribution in [0.4, 0.5) is 20.3 Å². The Labute approximate surface area is 262 Å². The molecule has 0 aliphatic carbocycles. The summed E-state index contributed by atoms with van der Waals surface area (Å²) in [4.78, 5) is 29.8. The number of halogens is 2. The van der Waals surface area contributed by atoms with Gasteiger partial charge in [-0.05, 0) is 42.0 Å². The number of hydrogen-bond donors (Lipinski definition) is 1. The lowest BCUT2D eigenvalue weighted by molar-refractivity contribution is -0.228. The van der Waals surface area contributed by atoms with E-state index < -0.39 is 36.0 Å². The Morgan fingerprint density at radius 3 is 2.76 bits per heavy atom. The van der Waals surface area contributed by atoms with Crippen LogP contribution in [-0.4, -0.2) is 95.9 Å². The highest BCUT2D eigenvalue weighted by Gasteiger charge is 2.50. The van der Waals surface area contributed by atoms with Crippen LogP contribution >= 0.6 is 11.3 Å². The summed E-state index contributed by atoms with van der Waals surface area (Å²) in [6.45, 7) is 5.52. The number of rotatable bonds is 8. The Balaban J connectivity index is 1.21. The second-order valence-electron chi connectivity index (χ2n) is 11.6. The van der Waals surface area contributed by atoms with E-state index in [1.165, 1.54) is 16.2 Å². The van der Waals surface area contributed by atoms with Crippen molar-refractivity contribution in [2.24, 2.45) is 0 Å². The topological polar surface area (TPSA) is 119 Å². The van der Waals surface area contributed by atoms with Crippen molar-refractivity contribution < 1.29 is 37.6 Å². The quantitative estimate of drug-likeness (QED) is 0.376. The third-order valence-electron chi connectivity index (χ3n) is 8.94. The van der Waals surface area contributed by atoms with E-state index in [1.807, 2.05) is 5.38 Å². The molecule has 0 aromatic carbocycles. The first-order chi connectivity index (χ1) is 21.8. The second-order valence-corrected chi connectivity index (χ2v) is 12.6. The Bertz CT molecular complexity index is 1590. The number of thiophene rings is 1. The minimum absolute atomic E-state index is 0.0284. The normalized spacial score (nSPS) is 24.5. The predicted octanol–water partition coefficient (Wildman–Crippen LogP) is 4.45. The van der Waals surface area contributed by atoms with Crippen LogP contribution in [0.2, 0.25) is 0 Å². The predicted molar refractivity (Wildman–Crippen MR) is 162 cm³/mol. The van der Waals surface area contributed by atoms with Gasteiger partial charge in [0.25, 0.3) is 6.43 Å². The van der Waals surface area contributed by atoms with Crippen LogP contribution in [-0.2, 0) is 19.0 Å². The van der Waals surface area contributed by atoms with Crippen LogP contribution < -0.4 is 14.5 Å². The standard InChI is InChI=1S/C31H33F2N5O6S/c1-18-31(16-42-17-31)43-9-6-37(18)23-11-20(19-4-7-41-8-5-19)14-34-29(23)44-21-12-24(30(39)40)38(15-21)26-13-22(25-3-2-10-45-25)35-28(36-26)27(32)33/h2-4,10-11,13-14,18,21,24,27H,5-9,12,15-17H2,1H3,(H,39,40)/t18-,21-,24-/m0/s1. The number of carbonyl (C=O) groups is 1. The summed E-state index contributed by atoms with van der Waals surface area (Å²) in [5.41, 5.74) is 2.79. The zero-order valence-corrected chi connectivity index (χ0v) is 25.4. The van der Waals surface area contributed by atoms with Gasteiger partial charge in [-0.25, -0.2) is 28.5 Å². The summed E-state index contributed by atoms with van der Waals surface area (Å²) in [5.74, 6) is -1.26. The number of alkyl halides is 2. The van der Waals surface area contributed by atoms with Gasteiger partial charge in [0.2, 0.25) is 5.88 Å². The van der Waals surface area contributed by atoms with E-state index in [4.69, 9.17) is 23.9 Å². The molecule has 238 valence electrons. The van der Waals surface area contributed by atoms with Crippen molar-refractivity contribution in [2.45, 2.75) is 50.0 Å². The van der Waals surface area contributed by atoms with Crippen molar-refractivity contribution in [1.82, 2.24) is 15.0 Å². The summed E-state index contributed by atoms with van der Waals surface area (Å²) >= 11 is 1.35. The van der Waals surface area contributed by atoms with Gasteiger partial charge in [0.15, 0.2) is 5.82 Å². The highest BCUT2D eigenvalue weighted by Crippen LogP contribution is 2.41. The van der Waals surface area contributed by atoms with E-state index in [0.29, 0.717) is 56.0 Å². The monoisotopic (exact) mass is 641 g/mol. The van der Waals surface area contributed by atoms with E-state index >= 15 is 0 Å². The summed E-state index contributed by atoms with van der Waals surface area (Å²) in [6.07, 6.45) is 1.19. The number of nitrogens with zero attached hydrogens (tertiary/aromatic N) is 5.